The van der Waals surface area contributed by atoms with E-state index < -0.39 is 76.9 Å². The van der Waals surface area contributed by atoms with Gasteiger partial charge >= 0.3 is 6.18 Å². The van der Waals surface area contributed by atoms with Crippen molar-refractivity contribution in [1.29, 1.82) is 0 Å². The Morgan fingerprint density at radius 1 is 0.984 bits per heavy atom. The van der Waals surface area contributed by atoms with Gasteiger partial charge in [-0.05, 0) is 77.6 Å². The zero-order chi connectivity index (χ0) is 42.5. The molecule has 4 aliphatic rings. The van der Waals surface area contributed by atoms with E-state index in [9.17, 15) is 31.5 Å². The highest BCUT2D eigenvalue weighted by atomic mass is 32.1. The predicted octanol–water partition coefficient (Wildman–Crippen LogP) is 8.15. The lowest BCUT2D eigenvalue weighted by Gasteiger charge is -2.28. The number of carbonyl (C=O) groups is 2. The number of nitrogens with zero attached hydrogens (tertiary/aromatic N) is 5. The summed E-state index contributed by atoms with van der Waals surface area (Å²) in [7, 11) is 0. The molecule has 2 unspecified atom stereocenters. The number of fused-ring (bicyclic) bond motifs is 5. The number of benzene rings is 3. The van der Waals surface area contributed by atoms with Crippen LogP contribution in [0.1, 0.15) is 63.0 Å². The molecule has 6 aromatic rings. The van der Waals surface area contributed by atoms with Gasteiger partial charge in [0.05, 0.1) is 29.6 Å². The van der Waals surface area contributed by atoms with Gasteiger partial charge in [0.25, 0.3) is 11.8 Å². The van der Waals surface area contributed by atoms with Crippen LogP contribution in [0.5, 0.6) is 0 Å². The summed E-state index contributed by atoms with van der Waals surface area (Å²) in [6, 6.07) is 16.4. The summed E-state index contributed by atoms with van der Waals surface area (Å²) in [5, 5.41) is 9.65. The average Bonchev–Trinajstić information content (AvgIpc) is 3.59. The topological polar surface area (TPSA) is 114 Å². The number of morpholine rings is 1. The average molecular weight is 862 g/mol. The van der Waals surface area contributed by atoms with E-state index in [1.165, 1.54) is 18.3 Å². The van der Waals surface area contributed by atoms with E-state index in [0.29, 0.717) is 56.9 Å². The number of aromatic nitrogens is 4. The summed E-state index contributed by atoms with van der Waals surface area (Å²) in [5.74, 6) is -9.88. The second-order valence-electron chi connectivity index (χ2n) is 15.9. The van der Waals surface area contributed by atoms with Gasteiger partial charge in [0, 0.05) is 65.5 Å². The van der Waals surface area contributed by atoms with Crippen LogP contribution in [0.2, 0.25) is 0 Å². The Kier molecular flexibility index (Phi) is 9.24. The molecule has 314 valence electrons. The Labute approximate surface area is 346 Å². The summed E-state index contributed by atoms with van der Waals surface area (Å²) < 4.78 is 110. The largest absolute Gasteiger partial charge is 0.435 e. The Morgan fingerprint density at radius 3 is 2.43 bits per heavy atom. The van der Waals surface area contributed by atoms with Gasteiger partial charge < -0.3 is 20.3 Å². The molecule has 0 bridgehead atoms. The number of alkyl halides is 5. The van der Waals surface area contributed by atoms with Crippen LogP contribution in [0.3, 0.4) is 0 Å². The summed E-state index contributed by atoms with van der Waals surface area (Å²) in [6.07, 6.45) is -5.35. The molecule has 3 aromatic carbocycles. The van der Waals surface area contributed by atoms with Crippen molar-refractivity contribution < 1.29 is 45.1 Å². The van der Waals surface area contributed by atoms with Gasteiger partial charge in [0.1, 0.15) is 28.9 Å². The third-order valence-electron chi connectivity index (χ3n) is 12.0. The number of anilines is 1. The predicted molar refractivity (Wildman–Crippen MR) is 210 cm³/mol. The van der Waals surface area contributed by atoms with Gasteiger partial charge in [-0.25, -0.2) is 18.7 Å². The summed E-state index contributed by atoms with van der Waals surface area (Å²) in [5.41, 5.74) is 1.37. The molecule has 3 aromatic heterocycles. The number of hydrogen-bond donors (Lipinski definition) is 2. The first kappa shape index (κ1) is 39.3. The lowest BCUT2D eigenvalue weighted by atomic mass is 9.93. The molecular formula is C43H34F7N7O3S. The van der Waals surface area contributed by atoms with Crippen molar-refractivity contribution in [1.82, 2.24) is 30.4 Å². The SMILES string of the molecule is C[C@@H]1C2c3c(C(F)(F)F)nn(CC(=O)N[C@@H](Cc4cc(F)cc(F)c4)c4nc5nc(-c6ccc(N7CCOCC7)cc6)sc5cc4-c4ccc5c(c4)C(=O)NC5)c3C(F)(F)C21. The Morgan fingerprint density at radius 2 is 1.70 bits per heavy atom. The lowest BCUT2D eigenvalue weighted by molar-refractivity contribution is -0.142. The summed E-state index contributed by atoms with van der Waals surface area (Å²) >= 11 is 1.34. The fourth-order valence-electron chi connectivity index (χ4n) is 9.16. The molecular weight excluding hydrogens is 828 g/mol. The minimum absolute atomic E-state index is 0.0863. The highest BCUT2D eigenvalue weighted by Crippen LogP contribution is 2.71. The highest BCUT2D eigenvalue weighted by Gasteiger charge is 2.72. The minimum atomic E-state index is -5.05. The lowest BCUT2D eigenvalue weighted by Crippen LogP contribution is -2.36. The molecule has 10 rings (SSSR count). The highest BCUT2D eigenvalue weighted by molar-refractivity contribution is 7.21. The Bertz CT molecular complexity index is 2750. The van der Waals surface area contributed by atoms with Crippen molar-refractivity contribution in [2.24, 2.45) is 11.8 Å². The molecule has 1 saturated heterocycles. The number of amides is 2. The van der Waals surface area contributed by atoms with Gasteiger partial charge in [-0.1, -0.05) is 19.1 Å². The van der Waals surface area contributed by atoms with E-state index in [0.717, 1.165) is 42.0 Å². The number of nitrogens with one attached hydrogen (secondary N) is 2. The molecule has 2 aliphatic heterocycles. The molecule has 18 heteroatoms. The maximum Gasteiger partial charge on any atom is 0.435 e. The van der Waals surface area contributed by atoms with Gasteiger partial charge in [0.15, 0.2) is 11.3 Å². The van der Waals surface area contributed by atoms with Crippen LogP contribution in [0.4, 0.5) is 36.4 Å². The third-order valence-corrected chi connectivity index (χ3v) is 13.1. The van der Waals surface area contributed by atoms with Crippen molar-refractivity contribution in [3.8, 4) is 21.7 Å². The molecule has 4 atom stereocenters. The molecule has 1 saturated carbocycles. The van der Waals surface area contributed by atoms with Crippen LogP contribution < -0.4 is 15.5 Å². The normalized spacial score (nSPS) is 20.6. The molecule has 0 spiro atoms. The van der Waals surface area contributed by atoms with Crippen molar-refractivity contribution in [3.63, 3.8) is 0 Å². The number of hydrogen-bond acceptors (Lipinski definition) is 8. The van der Waals surface area contributed by atoms with Gasteiger partial charge in [-0.2, -0.15) is 27.1 Å². The molecule has 2 amide bonds. The molecule has 10 nitrogen and oxygen atoms in total. The van der Waals surface area contributed by atoms with Crippen molar-refractivity contribution >= 4 is 39.2 Å². The first-order valence-corrected chi connectivity index (χ1v) is 20.4. The Hall–Kier alpha value is -5.88. The Balaban J connectivity index is 1.07. The molecule has 2 aliphatic carbocycles. The zero-order valence-electron chi connectivity index (χ0n) is 32.1. The maximum absolute atomic E-state index is 15.7. The van der Waals surface area contributed by atoms with Crippen molar-refractivity contribution in [3.05, 3.63) is 118 Å². The van der Waals surface area contributed by atoms with Crippen molar-refractivity contribution in [2.75, 3.05) is 31.2 Å². The number of rotatable bonds is 9. The van der Waals surface area contributed by atoms with E-state index in [4.69, 9.17) is 14.7 Å². The van der Waals surface area contributed by atoms with Crippen LogP contribution in [0.15, 0.2) is 66.7 Å². The molecule has 5 heterocycles. The van der Waals surface area contributed by atoms with Crippen LogP contribution in [-0.4, -0.2) is 57.9 Å². The van der Waals surface area contributed by atoms with Crippen LogP contribution in [0, 0.1) is 23.5 Å². The second-order valence-corrected chi connectivity index (χ2v) is 16.9. The van der Waals surface area contributed by atoms with Crippen LogP contribution >= 0.6 is 11.3 Å². The van der Waals surface area contributed by atoms with Crippen LogP contribution in [0.25, 0.3) is 32.0 Å². The number of pyridine rings is 1. The van der Waals surface area contributed by atoms with Crippen molar-refractivity contribution in [2.45, 2.75) is 50.5 Å². The first-order valence-electron chi connectivity index (χ1n) is 19.6. The fourth-order valence-corrected chi connectivity index (χ4v) is 10.1. The maximum atomic E-state index is 15.7. The number of halogens is 7. The van der Waals surface area contributed by atoms with E-state index in [-0.39, 0.29) is 29.2 Å². The van der Waals surface area contributed by atoms with E-state index in [1.54, 1.807) is 24.3 Å². The van der Waals surface area contributed by atoms with Gasteiger partial charge in [0.2, 0.25) is 5.91 Å². The first-order chi connectivity index (χ1) is 29.1. The third kappa shape index (κ3) is 6.89. The summed E-state index contributed by atoms with van der Waals surface area (Å²) in [4.78, 5) is 38.8. The monoisotopic (exact) mass is 861 g/mol. The quantitative estimate of drug-likeness (QED) is 0.141. The minimum Gasteiger partial charge on any atom is -0.378 e. The number of thiazole rings is 1. The molecule has 61 heavy (non-hydrogen) atoms. The molecule has 0 radical (unpaired) electrons. The second kappa shape index (κ2) is 14.4. The molecule has 2 N–H and O–H groups in total. The number of ether oxygens (including phenoxy) is 1. The molecule has 2 fully saturated rings. The smallest absolute Gasteiger partial charge is 0.378 e. The van der Waals surface area contributed by atoms with Gasteiger partial charge in [-0.15, -0.1) is 11.3 Å². The number of carbonyl (C=O) groups excluding carboxylic acids is 2. The van der Waals surface area contributed by atoms with E-state index in [2.05, 4.69) is 20.6 Å². The van der Waals surface area contributed by atoms with Crippen LogP contribution in [-0.2, 0) is 41.1 Å². The zero-order valence-corrected chi connectivity index (χ0v) is 32.9. The van der Waals surface area contributed by atoms with E-state index in [1.807, 2.05) is 24.3 Å². The van der Waals surface area contributed by atoms with E-state index >= 15 is 8.78 Å². The standard InChI is InChI=1S/C43H34F7N7O3S/c1-20-33-34-37(43(48,49)50)55-57(38(34)42(46,47)35(20)33)19-32(58)52-30(14-21-12-25(44)16-26(45)13-21)36-28(23-2-3-24-18-51-40(59)29(24)15-23)17-31-39(53-36)54-41(61-31)22-4-6-27(7-5-22)56-8-10-60-11-9-56/h2-7,12-13,15-17,20,30,33,35H,8-11,14,18-19H2,1H3,(H,51,59)(H,52,58)/t20-,30+,33?,35?/m1/s1. The van der Waals surface area contributed by atoms with Gasteiger partial charge in [-0.3, -0.25) is 14.3 Å². The summed E-state index contributed by atoms with van der Waals surface area (Å²) in [6.45, 7) is 3.52. The fraction of sp³-hybridized carbons (Fsp3) is 0.326.